The Hall–Kier alpha value is -1.07. The van der Waals surface area contributed by atoms with Crippen molar-refractivity contribution in [3.63, 3.8) is 0 Å². The van der Waals surface area contributed by atoms with Crippen LogP contribution >= 0.6 is 0 Å². The van der Waals surface area contributed by atoms with Crippen LogP contribution in [0.25, 0.3) is 0 Å². The normalized spacial score (nSPS) is 30.1. The summed E-state index contributed by atoms with van der Waals surface area (Å²) in [7, 11) is 4.36. The summed E-state index contributed by atoms with van der Waals surface area (Å²) in [6, 6.07) is 0.357. The van der Waals surface area contributed by atoms with E-state index in [1.165, 1.54) is 0 Å². The number of hydrogen-bond donors (Lipinski definition) is 0. The van der Waals surface area contributed by atoms with Crippen LogP contribution in [0.5, 0.6) is 0 Å². The lowest BCUT2D eigenvalue weighted by Crippen LogP contribution is -2.49. The second-order valence-corrected chi connectivity index (χ2v) is 8.69. The molecular weight excluding hydrogens is 396 g/mol. The fourth-order valence-corrected chi connectivity index (χ4v) is 4.11. The van der Waals surface area contributed by atoms with Gasteiger partial charge in [-0.25, -0.2) is 4.98 Å². The molecule has 31 heavy (non-hydrogen) atoms. The van der Waals surface area contributed by atoms with Crippen molar-refractivity contribution in [1.29, 1.82) is 0 Å². The van der Waals surface area contributed by atoms with E-state index < -0.39 is 0 Å². The maximum atomic E-state index is 6.06. The average molecular weight is 439 g/mol. The molecular formula is C22H42N6O3. The molecule has 3 aliphatic rings. The van der Waals surface area contributed by atoms with Crippen LogP contribution in [0, 0.1) is 0 Å². The topological polar surface area (TPSA) is 58.5 Å². The lowest BCUT2D eigenvalue weighted by molar-refractivity contribution is 0.0134. The Kier molecular flexibility index (Phi) is 11.2. The Morgan fingerprint density at radius 1 is 0.742 bits per heavy atom. The van der Waals surface area contributed by atoms with Gasteiger partial charge < -0.3 is 28.6 Å². The molecule has 0 spiro atoms. The first kappa shape index (κ1) is 24.6. The Balaban J connectivity index is 1.68. The zero-order chi connectivity index (χ0) is 21.7. The minimum Gasteiger partial charge on any atom is -0.379 e. The molecule has 4 rings (SSSR count). The predicted octanol–water partition coefficient (Wildman–Crippen LogP) is -0.204. The molecule has 0 radical (unpaired) electrons. The van der Waals surface area contributed by atoms with Crippen molar-refractivity contribution < 1.29 is 14.2 Å². The van der Waals surface area contributed by atoms with Gasteiger partial charge in [-0.15, -0.1) is 0 Å². The summed E-state index contributed by atoms with van der Waals surface area (Å²) >= 11 is 0. The molecule has 1 unspecified atom stereocenters. The minimum absolute atomic E-state index is 0.357. The molecule has 0 N–H and O–H groups in total. The van der Waals surface area contributed by atoms with Gasteiger partial charge in [0.1, 0.15) is 0 Å². The lowest BCUT2D eigenvalue weighted by Gasteiger charge is -2.35. The van der Waals surface area contributed by atoms with Crippen molar-refractivity contribution in [2.75, 3.05) is 113 Å². The molecule has 1 aromatic rings. The van der Waals surface area contributed by atoms with Crippen LogP contribution in [0.4, 0.5) is 0 Å². The van der Waals surface area contributed by atoms with Crippen molar-refractivity contribution in [3.05, 3.63) is 18.7 Å². The summed E-state index contributed by atoms with van der Waals surface area (Å²) in [5.41, 5.74) is 0. The number of fused-ring (bicyclic) bond motifs is 18. The van der Waals surface area contributed by atoms with E-state index in [1.807, 2.05) is 18.7 Å². The first-order valence-electron chi connectivity index (χ1n) is 11.7. The summed E-state index contributed by atoms with van der Waals surface area (Å²) in [6.45, 7) is 14.1. The highest BCUT2D eigenvalue weighted by atomic mass is 16.5. The molecule has 0 amide bonds. The summed E-state index contributed by atoms with van der Waals surface area (Å²) in [5, 5.41) is 0. The van der Waals surface area contributed by atoms with E-state index in [9.17, 15) is 0 Å². The zero-order valence-corrected chi connectivity index (χ0v) is 19.5. The van der Waals surface area contributed by atoms with Gasteiger partial charge in [-0.3, -0.25) is 9.80 Å². The van der Waals surface area contributed by atoms with E-state index in [4.69, 9.17) is 14.2 Å². The maximum absolute atomic E-state index is 6.06. The molecule has 0 aromatic carbocycles. The predicted molar refractivity (Wildman–Crippen MR) is 121 cm³/mol. The average Bonchev–Trinajstić information content (AvgIpc) is 3.25. The Morgan fingerprint density at radius 3 is 2.00 bits per heavy atom. The first-order chi connectivity index (χ1) is 15.2. The van der Waals surface area contributed by atoms with E-state index in [1.54, 1.807) is 0 Å². The Labute approximate surface area is 187 Å². The van der Waals surface area contributed by atoms with Crippen molar-refractivity contribution in [3.8, 4) is 0 Å². The minimum atomic E-state index is 0.357. The fourth-order valence-electron chi connectivity index (χ4n) is 4.11. The van der Waals surface area contributed by atoms with Gasteiger partial charge in [-0.05, 0) is 14.1 Å². The summed E-state index contributed by atoms with van der Waals surface area (Å²) in [6.07, 6.45) is 5.80. The second kappa shape index (κ2) is 14.2. The van der Waals surface area contributed by atoms with Gasteiger partial charge in [0.2, 0.25) is 0 Å². The third kappa shape index (κ3) is 9.53. The van der Waals surface area contributed by atoms with E-state index in [-0.39, 0.29) is 0 Å². The van der Waals surface area contributed by atoms with Gasteiger partial charge >= 0.3 is 0 Å². The largest absolute Gasteiger partial charge is 0.379 e. The van der Waals surface area contributed by atoms with Crippen LogP contribution in [0.2, 0.25) is 0 Å². The maximum Gasteiger partial charge on any atom is 0.0946 e. The van der Waals surface area contributed by atoms with Gasteiger partial charge in [0.25, 0.3) is 0 Å². The smallest absolute Gasteiger partial charge is 0.0946 e. The van der Waals surface area contributed by atoms with Gasteiger partial charge in [0, 0.05) is 83.9 Å². The summed E-state index contributed by atoms with van der Waals surface area (Å²) in [5.74, 6) is 0. The fraction of sp³-hybridized carbons (Fsp3) is 0.864. The number of aromatic nitrogens is 2. The number of ether oxygens (including phenoxy) is 3. The zero-order valence-electron chi connectivity index (χ0n) is 19.5. The highest BCUT2D eigenvalue weighted by molar-refractivity contribution is 4.81. The SMILES string of the molecule is CN1CCOCCN(C)CC(Cn2ccnc2)N2CCOCCN(CCOCC2)CC1. The molecule has 9 nitrogen and oxygen atoms in total. The molecule has 0 aliphatic carbocycles. The highest BCUT2D eigenvalue weighted by Gasteiger charge is 2.21. The van der Waals surface area contributed by atoms with Crippen molar-refractivity contribution in [2.24, 2.45) is 0 Å². The Bertz CT molecular complexity index is 562. The third-order valence-corrected chi connectivity index (χ3v) is 6.20. The molecule has 3 aliphatic heterocycles. The van der Waals surface area contributed by atoms with Crippen molar-refractivity contribution >= 4 is 0 Å². The quantitative estimate of drug-likeness (QED) is 0.589. The van der Waals surface area contributed by atoms with Crippen LogP contribution < -0.4 is 0 Å². The van der Waals surface area contributed by atoms with E-state index in [0.29, 0.717) is 6.04 Å². The molecule has 3 fully saturated rings. The molecule has 0 saturated carbocycles. The van der Waals surface area contributed by atoms with Crippen LogP contribution in [0.1, 0.15) is 0 Å². The molecule has 178 valence electrons. The van der Waals surface area contributed by atoms with Crippen LogP contribution in [0.3, 0.4) is 0 Å². The Morgan fingerprint density at radius 2 is 1.35 bits per heavy atom. The van der Waals surface area contributed by atoms with Crippen LogP contribution in [-0.4, -0.2) is 148 Å². The van der Waals surface area contributed by atoms with E-state index in [2.05, 4.69) is 43.2 Å². The summed E-state index contributed by atoms with van der Waals surface area (Å²) < 4.78 is 20.2. The van der Waals surface area contributed by atoms with E-state index >= 15 is 0 Å². The number of rotatable bonds is 2. The van der Waals surface area contributed by atoms with E-state index in [0.717, 1.165) is 105 Å². The van der Waals surface area contributed by atoms with Crippen LogP contribution in [-0.2, 0) is 20.8 Å². The molecule has 3 saturated heterocycles. The van der Waals surface area contributed by atoms with Crippen LogP contribution in [0.15, 0.2) is 18.7 Å². The summed E-state index contributed by atoms with van der Waals surface area (Å²) in [4.78, 5) is 13.9. The second-order valence-electron chi connectivity index (χ2n) is 8.69. The van der Waals surface area contributed by atoms with Gasteiger partial charge in [-0.2, -0.15) is 0 Å². The lowest BCUT2D eigenvalue weighted by atomic mass is 10.2. The molecule has 1 atom stereocenters. The van der Waals surface area contributed by atoms with Gasteiger partial charge in [0.05, 0.1) is 46.0 Å². The van der Waals surface area contributed by atoms with Gasteiger partial charge in [-0.1, -0.05) is 0 Å². The number of hydrogen-bond acceptors (Lipinski definition) is 8. The highest BCUT2D eigenvalue weighted by Crippen LogP contribution is 2.07. The molecule has 1 aromatic heterocycles. The third-order valence-electron chi connectivity index (χ3n) is 6.20. The standard InChI is InChI=1S/C22H42N6O3/c1-24-5-6-26-9-15-30-17-11-28(12-18-31-16-10-26)22(20-27-4-3-23-21-27)19-25(2)8-14-29-13-7-24/h3-4,21-22H,5-20H2,1-2H3. The number of nitrogens with zero attached hydrogens (tertiary/aromatic N) is 6. The monoisotopic (exact) mass is 438 g/mol. The number of imidazole rings is 1. The van der Waals surface area contributed by atoms with Crippen molar-refractivity contribution in [1.82, 2.24) is 29.2 Å². The number of likely N-dealkylation sites (N-methyl/N-ethyl adjacent to an activating group) is 2. The van der Waals surface area contributed by atoms with Gasteiger partial charge in [0.15, 0.2) is 0 Å². The molecule has 9 heteroatoms. The molecule has 2 bridgehead atoms. The molecule has 4 heterocycles. The first-order valence-corrected chi connectivity index (χ1v) is 11.7. The van der Waals surface area contributed by atoms with Crippen molar-refractivity contribution in [2.45, 2.75) is 12.6 Å².